The lowest BCUT2D eigenvalue weighted by atomic mass is 10.2. The number of nitro benzene ring substituents is 1. The molecule has 7 nitrogen and oxygen atoms in total. The maximum atomic E-state index is 13.2. The van der Waals surface area contributed by atoms with E-state index >= 15 is 0 Å². The molecule has 1 unspecified atom stereocenters. The van der Waals surface area contributed by atoms with E-state index < -0.39 is 29.6 Å². The van der Waals surface area contributed by atoms with E-state index in [1.807, 2.05) is 0 Å². The van der Waals surface area contributed by atoms with Crippen molar-refractivity contribution >= 4 is 23.4 Å². The number of alkyl halides is 3. The number of piperazine rings is 1. The molecule has 0 aromatic heterocycles. The van der Waals surface area contributed by atoms with Gasteiger partial charge in [0, 0.05) is 49.8 Å². The van der Waals surface area contributed by atoms with Gasteiger partial charge in [-0.1, -0.05) is 0 Å². The van der Waals surface area contributed by atoms with Crippen molar-refractivity contribution in [3.05, 3.63) is 34.4 Å². The van der Waals surface area contributed by atoms with Gasteiger partial charge in [0.05, 0.1) is 10.7 Å². The predicted octanol–water partition coefficient (Wildman–Crippen LogP) is 1.64. The highest BCUT2D eigenvalue weighted by Gasteiger charge is 2.43. The average molecular weight is 392 g/mol. The van der Waals surface area contributed by atoms with Gasteiger partial charge in [-0.25, -0.2) is 0 Å². The number of halogens is 3. The first-order valence-corrected chi connectivity index (χ1v) is 8.91. The number of hydrogen-bond acceptors (Lipinski definition) is 6. The molecular weight excluding hydrogens is 373 g/mol. The van der Waals surface area contributed by atoms with Crippen LogP contribution in [0.4, 0.5) is 18.9 Å². The first-order chi connectivity index (χ1) is 12.3. The van der Waals surface area contributed by atoms with Gasteiger partial charge in [-0.2, -0.15) is 13.2 Å². The average Bonchev–Trinajstić information content (AvgIpc) is 2.60. The number of non-ortho nitro benzene ring substituents is 1. The molecule has 1 aliphatic heterocycles. The maximum absolute atomic E-state index is 13.2. The van der Waals surface area contributed by atoms with Crippen molar-refractivity contribution in [2.75, 3.05) is 38.5 Å². The first kappa shape index (κ1) is 20.5. The molecule has 11 heteroatoms. The van der Waals surface area contributed by atoms with Crippen LogP contribution in [0.5, 0.6) is 0 Å². The van der Waals surface area contributed by atoms with Crippen LogP contribution in [0, 0.1) is 10.1 Å². The summed E-state index contributed by atoms with van der Waals surface area (Å²) in [6.07, 6.45) is -4.42. The Hall–Kier alpha value is -1.85. The Bertz CT molecular complexity index is 622. The Kier molecular flexibility index (Phi) is 7.23. The van der Waals surface area contributed by atoms with E-state index in [1.54, 1.807) is 0 Å². The number of rotatable bonds is 7. The topological polar surface area (TPSA) is 87.5 Å². The normalized spacial score (nSPS) is 16.9. The summed E-state index contributed by atoms with van der Waals surface area (Å²) in [5.74, 6) is -0.582. The van der Waals surface area contributed by atoms with Crippen molar-refractivity contribution in [3.63, 3.8) is 0 Å². The summed E-state index contributed by atoms with van der Waals surface area (Å²) in [5, 5.41) is 15.9. The van der Waals surface area contributed by atoms with Crippen LogP contribution in [0.25, 0.3) is 0 Å². The number of benzene rings is 1. The van der Waals surface area contributed by atoms with Gasteiger partial charge in [0.1, 0.15) is 6.04 Å². The van der Waals surface area contributed by atoms with Gasteiger partial charge in [0.25, 0.3) is 5.69 Å². The van der Waals surface area contributed by atoms with Crippen molar-refractivity contribution in [1.29, 1.82) is 0 Å². The minimum Gasteiger partial charge on any atom is -0.353 e. The van der Waals surface area contributed by atoms with Crippen LogP contribution < -0.4 is 10.6 Å². The molecule has 1 atom stereocenters. The van der Waals surface area contributed by atoms with Gasteiger partial charge in [0.2, 0.25) is 5.91 Å². The Morgan fingerprint density at radius 2 is 1.92 bits per heavy atom. The summed E-state index contributed by atoms with van der Waals surface area (Å²) in [6, 6.07) is 3.90. The number of nitrogens with one attached hydrogen (secondary N) is 2. The second-order valence-corrected chi connectivity index (χ2v) is 6.74. The number of nitro groups is 1. The Balaban J connectivity index is 1.82. The van der Waals surface area contributed by atoms with E-state index in [0.29, 0.717) is 18.0 Å². The monoisotopic (exact) mass is 392 g/mol. The molecule has 1 saturated heterocycles. The van der Waals surface area contributed by atoms with Crippen molar-refractivity contribution in [2.24, 2.45) is 0 Å². The third-order valence-corrected chi connectivity index (χ3v) is 4.89. The summed E-state index contributed by atoms with van der Waals surface area (Å²) in [7, 11) is 0. The molecule has 2 N–H and O–H groups in total. The number of thioether (sulfide) groups is 1. The van der Waals surface area contributed by atoms with Crippen LogP contribution in [0.1, 0.15) is 0 Å². The molecule has 1 aliphatic rings. The molecule has 0 spiro atoms. The van der Waals surface area contributed by atoms with Crippen molar-refractivity contribution in [2.45, 2.75) is 17.1 Å². The van der Waals surface area contributed by atoms with Gasteiger partial charge >= 0.3 is 6.18 Å². The van der Waals surface area contributed by atoms with E-state index in [1.165, 1.54) is 29.2 Å². The van der Waals surface area contributed by atoms with Crippen molar-refractivity contribution in [1.82, 2.24) is 15.5 Å². The van der Waals surface area contributed by atoms with Gasteiger partial charge in [0.15, 0.2) is 0 Å². The molecule has 0 radical (unpaired) electrons. The molecule has 0 bridgehead atoms. The summed E-state index contributed by atoms with van der Waals surface area (Å²) < 4.78 is 39.7. The minimum atomic E-state index is -4.42. The van der Waals surface area contributed by atoms with Crippen molar-refractivity contribution in [3.8, 4) is 0 Å². The molecule has 0 aliphatic carbocycles. The van der Waals surface area contributed by atoms with Crippen LogP contribution in [0.3, 0.4) is 0 Å². The highest BCUT2D eigenvalue weighted by Crippen LogP contribution is 2.25. The van der Waals surface area contributed by atoms with Crippen LogP contribution in [0.15, 0.2) is 29.2 Å². The van der Waals surface area contributed by atoms with Crippen LogP contribution in [-0.4, -0.2) is 66.4 Å². The highest BCUT2D eigenvalue weighted by molar-refractivity contribution is 8.00. The molecule has 1 aromatic carbocycles. The Labute approximate surface area is 152 Å². The fourth-order valence-electron chi connectivity index (χ4n) is 2.52. The quantitative estimate of drug-likeness (QED) is 0.417. The zero-order valence-corrected chi connectivity index (χ0v) is 14.6. The number of amides is 1. The van der Waals surface area contributed by atoms with Gasteiger partial charge < -0.3 is 10.6 Å². The van der Waals surface area contributed by atoms with E-state index in [2.05, 4.69) is 10.6 Å². The molecule has 1 fully saturated rings. The first-order valence-electron chi connectivity index (χ1n) is 7.93. The smallest absolute Gasteiger partial charge is 0.353 e. The lowest BCUT2D eigenvalue weighted by Crippen LogP contribution is -2.57. The van der Waals surface area contributed by atoms with E-state index in [4.69, 9.17) is 0 Å². The molecule has 2 rings (SSSR count). The van der Waals surface area contributed by atoms with Crippen LogP contribution in [-0.2, 0) is 4.79 Å². The van der Waals surface area contributed by atoms with E-state index in [0.717, 1.165) is 11.8 Å². The van der Waals surface area contributed by atoms with Gasteiger partial charge in [-0.15, -0.1) is 11.8 Å². The van der Waals surface area contributed by atoms with Crippen LogP contribution in [0.2, 0.25) is 0 Å². The van der Waals surface area contributed by atoms with Gasteiger partial charge in [-0.3, -0.25) is 19.8 Å². The predicted molar refractivity (Wildman–Crippen MR) is 91.1 cm³/mol. The second kappa shape index (κ2) is 9.19. The minimum absolute atomic E-state index is 0.0655. The van der Waals surface area contributed by atoms with E-state index in [-0.39, 0.29) is 24.5 Å². The summed E-state index contributed by atoms with van der Waals surface area (Å²) in [4.78, 5) is 23.9. The fraction of sp³-hybridized carbons (Fsp3) is 0.533. The number of hydrogen-bond donors (Lipinski definition) is 2. The van der Waals surface area contributed by atoms with Gasteiger partial charge in [-0.05, 0) is 12.1 Å². The van der Waals surface area contributed by atoms with Crippen molar-refractivity contribution < 1.29 is 22.9 Å². The zero-order valence-electron chi connectivity index (χ0n) is 13.8. The molecule has 0 saturated carbocycles. The lowest BCUT2D eigenvalue weighted by molar-refractivity contribution is -0.384. The molecule has 26 heavy (non-hydrogen) atoms. The molecular formula is C15H19F3N4O3S. The molecule has 144 valence electrons. The molecule has 1 amide bonds. The third kappa shape index (κ3) is 6.15. The third-order valence-electron chi connectivity index (χ3n) is 3.88. The maximum Gasteiger partial charge on any atom is 0.405 e. The van der Waals surface area contributed by atoms with E-state index in [9.17, 15) is 28.1 Å². The highest BCUT2D eigenvalue weighted by atomic mass is 32.2. The lowest BCUT2D eigenvalue weighted by Gasteiger charge is -2.35. The summed E-state index contributed by atoms with van der Waals surface area (Å²) >= 11 is 1.10. The zero-order chi connectivity index (χ0) is 19.2. The molecule has 1 aromatic rings. The fourth-order valence-corrected chi connectivity index (χ4v) is 3.25. The van der Waals surface area contributed by atoms with Crippen LogP contribution >= 0.6 is 11.8 Å². The Morgan fingerprint density at radius 3 is 2.46 bits per heavy atom. The second-order valence-electron chi connectivity index (χ2n) is 5.69. The number of nitrogens with zero attached hydrogens (tertiary/aromatic N) is 2. The standard InChI is InChI=1S/C15H19F3N4O3S/c16-15(17,18)13(21-7-5-19-6-8-21)9-20-14(23)10-26-12-3-1-11(2-4-12)22(24)25/h1-4,13,19H,5-10H2,(H,20,23). The summed E-state index contributed by atoms with van der Waals surface area (Å²) in [5.41, 5.74) is -0.0668. The largest absolute Gasteiger partial charge is 0.405 e. The Morgan fingerprint density at radius 1 is 1.31 bits per heavy atom. The summed E-state index contributed by atoms with van der Waals surface area (Å²) in [6.45, 7) is 1.02. The number of carbonyl (C=O) groups excluding carboxylic acids is 1. The molecule has 1 heterocycles. The number of carbonyl (C=O) groups is 1. The SMILES string of the molecule is O=C(CSc1ccc([N+](=O)[O-])cc1)NCC(N1CCNCC1)C(F)(F)F.